The fourth-order valence-corrected chi connectivity index (χ4v) is 4.35. The lowest BCUT2D eigenvalue weighted by Crippen LogP contribution is -2.42. The molecule has 0 bridgehead atoms. The molecule has 182 valence electrons. The maximum Gasteiger partial charge on any atom is 0.410 e. The Balaban J connectivity index is 1.57. The first-order chi connectivity index (χ1) is 16.0. The number of carbonyl (C=O) groups excluding carboxylic acids is 1. The summed E-state index contributed by atoms with van der Waals surface area (Å²) in [7, 11) is -2.42. The maximum atomic E-state index is 14.8. The van der Waals surface area contributed by atoms with Gasteiger partial charge in [-0.1, -0.05) is 0 Å². The number of likely N-dealkylation sites (tertiary alicyclic amines) is 1. The van der Waals surface area contributed by atoms with E-state index in [-0.39, 0.29) is 34.6 Å². The first kappa shape index (κ1) is 23.8. The van der Waals surface area contributed by atoms with Gasteiger partial charge in [0.1, 0.15) is 23.8 Å². The number of halogens is 1. The molecule has 1 fully saturated rings. The molecule has 0 radical (unpaired) electrons. The van der Waals surface area contributed by atoms with E-state index in [4.69, 9.17) is 14.6 Å². The second-order valence-corrected chi connectivity index (χ2v) is 9.83. The number of hydrogen-bond donors (Lipinski definition) is 1. The van der Waals surface area contributed by atoms with Gasteiger partial charge in [0.25, 0.3) is 0 Å². The number of piperidine rings is 1. The molecule has 0 atom stereocenters. The van der Waals surface area contributed by atoms with E-state index in [9.17, 15) is 17.6 Å². The Morgan fingerprint density at radius 3 is 2.53 bits per heavy atom. The number of carbonyl (C=O) groups is 1. The van der Waals surface area contributed by atoms with Crippen LogP contribution in [0.2, 0.25) is 0 Å². The lowest BCUT2D eigenvalue weighted by Gasteiger charge is -2.31. The normalized spacial score (nSPS) is 15.2. The quantitative estimate of drug-likeness (QED) is 0.571. The van der Waals surface area contributed by atoms with Crippen LogP contribution in [0.25, 0.3) is 22.3 Å². The number of aryl methyl sites for hydroxylation is 1. The van der Waals surface area contributed by atoms with Gasteiger partial charge in [-0.2, -0.15) is 10.1 Å². The molecule has 2 N–H and O–H groups in total. The van der Waals surface area contributed by atoms with Crippen LogP contribution in [0.1, 0.15) is 26.7 Å². The van der Waals surface area contributed by atoms with E-state index in [1.54, 1.807) is 25.8 Å². The SMILES string of the molecule is CC(C)OC(=O)N1CCC(Oc2ncnc3c(-c4ccc(S(N)(=O)=O)cc4F)n(C)nc23)CC1. The average molecular weight is 493 g/mol. The molecule has 4 rings (SSSR count). The lowest BCUT2D eigenvalue weighted by molar-refractivity contribution is 0.0510. The smallest absolute Gasteiger partial charge is 0.410 e. The predicted molar refractivity (Wildman–Crippen MR) is 120 cm³/mol. The number of sulfonamides is 1. The predicted octanol–water partition coefficient (Wildman–Crippen LogP) is 2.21. The molecule has 0 saturated carbocycles. The standard InChI is InChI=1S/C21H25FN6O5S/c1-12(2)32-21(29)28-8-6-13(7-9-28)33-20-18-17(24-11-25-20)19(27(3)26-18)15-5-4-14(10-16(15)22)34(23,30)31/h4-5,10-13H,6-9H2,1-3H3,(H2,23,30,31). The van der Waals surface area contributed by atoms with E-state index in [1.165, 1.54) is 23.1 Å². The molecular formula is C21H25FN6O5S. The third-order valence-corrected chi connectivity index (χ3v) is 6.34. The number of ether oxygens (including phenoxy) is 2. The number of primary sulfonamides is 1. The second kappa shape index (κ2) is 9.14. The van der Waals surface area contributed by atoms with Crippen molar-refractivity contribution in [3.05, 3.63) is 30.3 Å². The topological polar surface area (TPSA) is 143 Å². The van der Waals surface area contributed by atoms with Gasteiger partial charge in [-0.25, -0.2) is 27.7 Å². The van der Waals surface area contributed by atoms with Gasteiger partial charge in [-0.05, 0) is 32.0 Å². The van der Waals surface area contributed by atoms with E-state index >= 15 is 0 Å². The molecule has 0 unspecified atom stereocenters. The van der Waals surface area contributed by atoms with Crippen LogP contribution in [-0.2, 0) is 21.8 Å². The third-order valence-electron chi connectivity index (χ3n) is 5.43. The molecule has 1 aromatic carbocycles. The van der Waals surface area contributed by atoms with Crippen molar-refractivity contribution < 1.29 is 27.1 Å². The highest BCUT2D eigenvalue weighted by Crippen LogP contribution is 2.33. The number of amides is 1. The highest BCUT2D eigenvalue weighted by atomic mass is 32.2. The van der Waals surface area contributed by atoms with Crippen molar-refractivity contribution >= 4 is 27.1 Å². The van der Waals surface area contributed by atoms with Crippen molar-refractivity contribution in [3.8, 4) is 17.1 Å². The number of nitrogens with zero attached hydrogens (tertiary/aromatic N) is 5. The minimum Gasteiger partial charge on any atom is -0.473 e. The van der Waals surface area contributed by atoms with E-state index in [0.29, 0.717) is 42.7 Å². The van der Waals surface area contributed by atoms with Gasteiger partial charge in [-0.15, -0.1) is 0 Å². The summed E-state index contributed by atoms with van der Waals surface area (Å²) in [5.74, 6) is -0.533. The number of fused-ring (bicyclic) bond motifs is 1. The summed E-state index contributed by atoms with van der Waals surface area (Å²) in [6.07, 6.45) is 1.74. The Kier molecular flexibility index (Phi) is 6.41. The molecule has 1 aliphatic heterocycles. The molecule has 3 heterocycles. The molecule has 3 aromatic rings. The average Bonchev–Trinajstić information content (AvgIpc) is 3.10. The second-order valence-electron chi connectivity index (χ2n) is 8.27. The van der Waals surface area contributed by atoms with Gasteiger partial charge in [0.05, 0.1) is 16.7 Å². The fraction of sp³-hybridized carbons (Fsp3) is 0.429. The first-order valence-corrected chi connectivity index (χ1v) is 12.2. The van der Waals surface area contributed by atoms with E-state index < -0.39 is 15.8 Å². The Bertz CT molecular complexity index is 1330. The van der Waals surface area contributed by atoms with Crippen molar-refractivity contribution in [1.29, 1.82) is 0 Å². The number of aromatic nitrogens is 4. The zero-order valence-corrected chi connectivity index (χ0v) is 19.7. The van der Waals surface area contributed by atoms with Crippen LogP contribution in [0.5, 0.6) is 5.88 Å². The van der Waals surface area contributed by atoms with Crippen LogP contribution in [0.15, 0.2) is 29.4 Å². The number of nitrogens with two attached hydrogens (primary N) is 1. The summed E-state index contributed by atoms with van der Waals surface area (Å²) in [6, 6.07) is 3.41. The van der Waals surface area contributed by atoms with Crippen LogP contribution in [0.4, 0.5) is 9.18 Å². The van der Waals surface area contributed by atoms with Crippen molar-refractivity contribution in [2.75, 3.05) is 13.1 Å². The van der Waals surface area contributed by atoms with Crippen LogP contribution in [0, 0.1) is 5.82 Å². The summed E-state index contributed by atoms with van der Waals surface area (Å²) in [6.45, 7) is 4.57. The number of benzene rings is 1. The van der Waals surface area contributed by atoms with Gasteiger partial charge >= 0.3 is 6.09 Å². The third kappa shape index (κ3) is 4.80. The van der Waals surface area contributed by atoms with Gasteiger partial charge < -0.3 is 14.4 Å². The van der Waals surface area contributed by atoms with E-state index in [2.05, 4.69) is 15.1 Å². The van der Waals surface area contributed by atoms with Crippen molar-refractivity contribution in [2.45, 2.75) is 43.8 Å². The largest absolute Gasteiger partial charge is 0.473 e. The van der Waals surface area contributed by atoms with Crippen molar-refractivity contribution in [3.63, 3.8) is 0 Å². The Labute approximate surface area is 195 Å². The molecule has 11 nitrogen and oxygen atoms in total. The molecular weight excluding hydrogens is 467 g/mol. The van der Waals surface area contributed by atoms with Crippen LogP contribution in [0.3, 0.4) is 0 Å². The first-order valence-electron chi connectivity index (χ1n) is 10.7. The summed E-state index contributed by atoms with van der Waals surface area (Å²) in [4.78, 5) is 21.9. The Morgan fingerprint density at radius 2 is 1.91 bits per heavy atom. The molecule has 1 saturated heterocycles. The molecule has 34 heavy (non-hydrogen) atoms. The molecule has 13 heteroatoms. The fourth-order valence-electron chi connectivity index (χ4n) is 3.82. The van der Waals surface area contributed by atoms with Gasteiger partial charge in [0, 0.05) is 38.5 Å². The molecule has 2 aromatic heterocycles. The van der Waals surface area contributed by atoms with Gasteiger partial charge in [0.2, 0.25) is 15.9 Å². The summed E-state index contributed by atoms with van der Waals surface area (Å²) >= 11 is 0. The molecule has 0 aliphatic carbocycles. The zero-order valence-electron chi connectivity index (χ0n) is 18.9. The van der Waals surface area contributed by atoms with Gasteiger partial charge in [-0.3, -0.25) is 4.68 Å². The number of rotatable bonds is 5. The van der Waals surface area contributed by atoms with Gasteiger partial charge in [0.15, 0.2) is 5.52 Å². The molecule has 0 spiro atoms. The van der Waals surface area contributed by atoms with Crippen LogP contribution in [-0.4, -0.2) is 64.5 Å². The van der Waals surface area contributed by atoms with Crippen LogP contribution >= 0.6 is 0 Å². The van der Waals surface area contributed by atoms with Crippen molar-refractivity contribution in [1.82, 2.24) is 24.6 Å². The lowest BCUT2D eigenvalue weighted by atomic mass is 10.1. The Morgan fingerprint density at radius 1 is 1.21 bits per heavy atom. The summed E-state index contributed by atoms with van der Waals surface area (Å²) in [5.41, 5.74) is 1.15. The monoisotopic (exact) mass is 492 g/mol. The Hall–Kier alpha value is -3.32. The maximum absolute atomic E-state index is 14.8. The van der Waals surface area contributed by atoms with Crippen molar-refractivity contribution in [2.24, 2.45) is 12.2 Å². The summed E-state index contributed by atoms with van der Waals surface area (Å²) in [5, 5.41) is 9.51. The highest BCUT2D eigenvalue weighted by Gasteiger charge is 2.27. The van der Waals surface area contributed by atoms with E-state index in [0.717, 1.165) is 6.07 Å². The molecule has 1 amide bonds. The zero-order chi connectivity index (χ0) is 24.6. The summed E-state index contributed by atoms with van der Waals surface area (Å²) < 4.78 is 50.6. The number of hydrogen-bond acceptors (Lipinski definition) is 8. The minimum atomic E-state index is -4.04. The van der Waals surface area contributed by atoms with Crippen LogP contribution < -0.4 is 9.88 Å². The minimum absolute atomic E-state index is 0.110. The molecule has 1 aliphatic rings. The highest BCUT2D eigenvalue weighted by molar-refractivity contribution is 7.89. The van der Waals surface area contributed by atoms with E-state index in [1.807, 2.05) is 0 Å².